The minimum atomic E-state index is -0.302. The maximum Gasteiger partial charge on any atom is 0.235 e. The minimum Gasteiger partial charge on any atom is -0.490 e. The Hall–Kier alpha value is -3.00. The zero-order valence-corrected chi connectivity index (χ0v) is 18.5. The van der Waals surface area contributed by atoms with Crippen LogP contribution in [0.2, 0.25) is 0 Å². The number of hydrogen-bond donors (Lipinski definition) is 1. The van der Waals surface area contributed by atoms with E-state index in [0.29, 0.717) is 29.4 Å². The quantitative estimate of drug-likeness (QED) is 0.605. The summed E-state index contributed by atoms with van der Waals surface area (Å²) in [6, 6.07) is 12.3. The van der Waals surface area contributed by atoms with E-state index in [9.17, 15) is 9.18 Å². The van der Waals surface area contributed by atoms with E-state index in [1.165, 1.54) is 6.07 Å². The molecule has 1 amide bonds. The summed E-state index contributed by atoms with van der Waals surface area (Å²) in [6.45, 7) is 4.42. The number of carbonyl (C=O) groups is 1. The van der Waals surface area contributed by atoms with Gasteiger partial charge in [0.15, 0.2) is 11.5 Å². The molecule has 1 N–H and O–H groups in total. The van der Waals surface area contributed by atoms with Gasteiger partial charge in [0.2, 0.25) is 5.91 Å². The van der Waals surface area contributed by atoms with Crippen LogP contribution >= 0.6 is 11.8 Å². The Balaban J connectivity index is 1.66. The molecule has 0 fully saturated rings. The first-order valence-corrected chi connectivity index (χ1v) is 11.1. The van der Waals surface area contributed by atoms with Crippen LogP contribution in [0.4, 0.5) is 10.2 Å². The smallest absolute Gasteiger partial charge is 0.235 e. The Bertz CT molecular complexity index is 1120. The summed E-state index contributed by atoms with van der Waals surface area (Å²) in [6.07, 6.45) is 0. The van der Waals surface area contributed by atoms with Crippen LogP contribution in [0.15, 0.2) is 42.5 Å². The summed E-state index contributed by atoms with van der Waals surface area (Å²) in [7, 11) is 1.82. The summed E-state index contributed by atoms with van der Waals surface area (Å²) in [5.41, 5.74) is 3.32. The van der Waals surface area contributed by atoms with Crippen molar-refractivity contribution in [2.75, 3.05) is 17.7 Å². The molecular weight excluding hydrogens is 417 g/mol. The first-order valence-electron chi connectivity index (χ1n) is 10.1. The predicted molar refractivity (Wildman–Crippen MR) is 119 cm³/mol. The zero-order valence-electron chi connectivity index (χ0n) is 17.6. The fourth-order valence-electron chi connectivity index (χ4n) is 3.66. The number of amides is 1. The standard InChI is InChI=1S/C23H24FN3O3S/c1-4-29-19-11-15(9-10-18(19)30-12-16-7-5-6-8-17(16)24)22-21-14(2)26-27(3)23(21)25-20(28)13-31-22/h5-11,22H,4,12-13H2,1-3H3,(H,25,28)/t22-/m0/s1. The van der Waals surface area contributed by atoms with Crippen molar-refractivity contribution in [3.63, 3.8) is 0 Å². The van der Waals surface area contributed by atoms with Crippen molar-refractivity contribution < 1.29 is 18.7 Å². The van der Waals surface area contributed by atoms with Crippen LogP contribution in [0.1, 0.15) is 34.6 Å². The zero-order chi connectivity index (χ0) is 22.0. The fourth-order valence-corrected chi connectivity index (χ4v) is 4.83. The molecule has 0 spiro atoms. The lowest BCUT2D eigenvalue weighted by Gasteiger charge is -2.18. The third-order valence-corrected chi connectivity index (χ3v) is 6.35. The second kappa shape index (κ2) is 9.01. The van der Waals surface area contributed by atoms with Crippen LogP contribution in [0, 0.1) is 12.7 Å². The van der Waals surface area contributed by atoms with Crippen molar-refractivity contribution in [2.45, 2.75) is 25.7 Å². The Morgan fingerprint density at radius 3 is 2.81 bits per heavy atom. The highest BCUT2D eigenvalue weighted by atomic mass is 32.2. The van der Waals surface area contributed by atoms with Gasteiger partial charge in [0, 0.05) is 18.2 Å². The van der Waals surface area contributed by atoms with Gasteiger partial charge in [0.25, 0.3) is 0 Å². The summed E-state index contributed by atoms with van der Waals surface area (Å²) in [5, 5.41) is 7.36. The number of carbonyl (C=O) groups excluding carboxylic acids is 1. The molecule has 0 bridgehead atoms. The third kappa shape index (κ3) is 4.39. The van der Waals surface area contributed by atoms with Crippen LogP contribution in [0.5, 0.6) is 11.5 Å². The molecule has 3 aromatic rings. The number of benzene rings is 2. The van der Waals surface area contributed by atoms with Gasteiger partial charge in [-0.25, -0.2) is 4.39 Å². The summed E-state index contributed by atoms with van der Waals surface area (Å²) < 4.78 is 27.4. The molecule has 6 nitrogen and oxygen atoms in total. The van der Waals surface area contributed by atoms with Gasteiger partial charge in [-0.05, 0) is 37.6 Å². The van der Waals surface area contributed by atoms with Gasteiger partial charge < -0.3 is 14.8 Å². The van der Waals surface area contributed by atoms with Gasteiger partial charge in [-0.1, -0.05) is 24.3 Å². The molecule has 0 aliphatic carbocycles. The van der Waals surface area contributed by atoms with Gasteiger partial charge in [0.05, 0.1) is 23.3 Å². The Morgan fingerprint density at radius 2 is 2.03 bits per heavy atom. The van der Waals surface area contributed by atoms with E-state index in [1.807, 2.05) is 39.1 Å². The molecule has 2 heterocycles. The highest BCUT2D eigenvalue weighted by Crippen LogP contribution is 2.45. The maximum atomic E-state index is 13.9. The topological polar surface area (TPSA) is 65.4 Å². The molecule has 8 heteroatoms. The predicted octanol–water partition coefficient (Wildman–Crippen LogP) is 4.62. The summed E-state index contributed by atoms with van der Waals surface area (Å²) in [5.74, 6) is 1.84. The van der Waals surface area contributed by atoms with E-state index in [1.54, 1.807) is 34.6 Å². The maximum absolute atomic E-state index is 13.9. The van der Waals surface area contributed by atoms with E-state index in [2.05, 4.69) is 10.4 Å². The number of hydrogen-bond acceptors (Lipinski definition) is 5. The Labute approximate surface area is 184 Å². The van der Waals surface area contributed by atoms with Crippen molar-refractivity contribution >= 4 is 23.5 Å². The van der Waals surface area contributed by atoms with Crippen molar-refractivity contribution in [3.05, 3.63) is 70.7 Å². The van der Waals surface area contributed by atoms with Gasteiger partial charge >= 0.3 is 0 Å². The molecule has 2 aromatic carbocycles. The van der Waals surface area contributed by atoms with Crippen LogP contribution in [-0.2, 0) is 18.4 Å². The average molecular weight is 442 g/mol. The van der Waals surface area contributed by atoms with Crippen LogP contribution in [-0.4, -0.2) is 28.0 Å². The highest BCUT2D eigenvalue weighted by Gasteiger charge is 2.30. The number of halogens is 1. The van der Waals surface area contributed by atoms with E-state index in [4.69, 9.17) is 9.47 Å². The Kier molecular flexibility index (Phi) is 6.18. The number of nitrogens with zero attached hydrogens (tertiary/aromatic N) is 2. The van der Waals surface area contributed by atoms with Crippen molar-refractivity contribution in [2.24, 2.45) is 7.05 Å². The molecule has 1 aliphatic rings. The van der Waals surface area contributed by atoms with Gasteiger partial charge in [-0.15, -0.1) is 11.8 Å². The number of thioether (sulfide) groups is 1. The molecule has 1 aliphatic heterocycles. The van der Waals surface area contributed by atoms with Crippen LogP contribution < -0.4 is 14.8 Å². The number of aromatic nitrogens is 2. The summed E-state index contributed by atoms with van der Waals surface area (Å²) >= 11 is 1.55. The monoisotopic (exact) mass is 441 g/mol. The lowest BCUT2D eigenvalue weighted by molar-refractivity contribution is -0.113. The molecule has 0 radical (unpaired) electrons. The number of ether oxygens (including phenoxy) is 2. The SMILES string of the molecule is CCOc1cc([C@@H]2SCC(=O)Nc3c2c(C)nn3C)ccc1OCc1ccccc1F. The van der Waals surface area contributed by atoms with Crippen LogP contribution in [0.25, 0.3) is 0 Å². The normalized spacial score (nSPS) is 15.7. The van der Waals surface area contributed by atoms with E-state index in [0.717, 1.165) is 22.6 Å². The molecule has 0 unspecified atom stereocenters. The van der Waals surface area contributed by atoms with Crippen molar-refractivity contribution in [3.8, 4) is 11.5 Å². The first-order chi connectivity index (χ1) is 15.0. The lowest BCUT2D eigenvalue weighted by atomic mass is 10.0. The number of nitrogens with one attached hydrogen (secondary N) is 1. The minimum absolute atomic E-state index is 0.0494. The fraction of sp³-hybridized carbons (Fsp3) is 0.304. The molecule has 162 valence electrons. The number of fused-ring (bicyclic) bond motifs is 1. The van der Waals surface area contributed by atoms with Crippen molar-refractivity contribution in [1.82, 2.24) is 9.78 Å². The summed E-state index contributed by atoms with van der Waals surface area (Å²) in [4.78, 5) is 12.2. The molecule has 31 heavy (non-hydrogen) atoms. The second-order valence-electron chi connectivity index (χ2n) is 7.23. The van der Waals surface area contributed by atoms with Gasteiger partial charge in [-0.2, -0.15) is 5.10 Å². The molecule has 0 saturated carbocycles. The van der Waals surface area contributed by atoms with Crippen LogP contribution in [0.3, 0.4) is 0 Å². The van der Waals surface area contributed by atoms with E-state index < -0.39 is 0 Å². The largest absolute Gasteiger partial charge is 0.490 e. The van der Waals surface area contributed by atoms with Crippen molar-refractivity contribution in [1.29, 1.82) is 0 Å². The van der Waals surface area contributed by atoms with E-state index >= 15 is 0 Å². The molecule has 0 saturated heterocycles. The molecule has 1 aromatic heterocycles. The molecule has 4 rings (SSSR count). The average Bonchev–Trinajstić information content (AvgIpc) is 2.91. The number of aryl methyl sites for hydroxylation is 2. The molecular formula is C23H24FN3O3S. The second-order valence-corrected chi connectivity index (χ2v) is 8.32. The Morgan fingerprint density at radius 1 is 1.23 bits per heavy atom. The van der Waals surface area contributed by atoms with Gasteiger partial charge in [0.1, 0.15) is 18.2 Å². The lowest BCUT2D eigenvalue weighted by Crippen LogP contribution is -2.15. The first kappa shape index (κ1) is 21.2. The number of rotatable bonds is 6. The highest BCUT2D eigenvalue weighted by molar-refractivity contribution is 8.00. The number of anilines is 1. The van der Waals surface area contributed by atoms with E-state index in [-0.39, 0.29) is 23.6 Å². The molecule has 1 atom stereocenters. The van der Waals surface area contributed by atoms with Gasteiger partial charge in [-0.3, -0.25) is 9.48 Å². The third-order valence-electron chi connectivity index (χ3n) is 5.08.